The lowest BCUT2D eigenvalue weighted by Gasteiger charge is -2.22. The number of allylic oxidation sites excluding steroid dienone is 8. The molecule has 0 spiro atoms. The molecule has 0 aromatic carbocycles. The second kappa shape index (κ2) is 6.97. The SMILES string of the molecule is O=C1CCC(c2[nH]nc3c2C(=O)CCC(CC2=CC=C4C=CC=CC4C2)=N3)C1. The van der Waals surface area contributed by atoms with Gasteiger partial charge in [-0.2, -0.15) is 5.10 Å². The summed E-state index contributed by atoms with van der Waals surface area (Å²) in [5.74, 6) is 1.41. The monoisotopic (exact) mass is 373 g/mol. The Kier molecular flexibility index (Phi) is 4.30. The molecular weight excluding hydrogens is 350 g/mol. The molecule has 5 nitrogen and oxygen atoms in total. The lowest BCUT2D eigenvalue weighted by atomic mass is 9.83. The fraction of sp³-hybridized carbons (Fsp3) is 0.391. The van der Waals surface area contributed by atoms with Crippen LogP contribution >= 0.6 is 0 Å². The van der Waals surface area contributed by atoms with Crippen LogP contribution in [0.25, 0.3) is 0 Å². The van der Waals surface area contributed by atoms with Crippen LogP contribution < -0.4 is 0 Å². The molecule has 4 aliphatic rings. The third kappa shape index (κ3) is 3.15. The number of carbonyl (C=O) groups is 2. The van der Waals surface area contributed by atoms with Crippen LogP contribution in [-0.2, 0) is 4.79 Å². The summed E-state index contributed by atoms with van der Waals surface area (Å²) < 4.78 is 0. The van der Waals surface area contributed by atoms with Crippen molar-refractivity contribution in [3.8, 4) is 0 Å². The van der Waals surface area contributed by atoms with Gasteiger partial charge in [-0.15, -0.1) is 0 Å². The summed E-state index contributed by atoms with van der Waals surface area (Å²) in [7, 11) is 0. The standard InChI is InChI=1S/C23H23N3O2/c27-19-9-7-17(13-19)22-21-20(28)10-8-18(24-23(21)26-25-22)12-14-5-6-15-3-1-2-4-16(15)11-14/h1-6,16-17H,7-13H2,(H,25,26). The number of aromatic nitrogens is 2. The van der Waals surface area contributed by atoms with Gasteiger partial charge in [0.2, 0.25) is 0 Å². The van der Waals surface area contributed by atoms with Crippen molar-refractivity contribution in [2.24, 2.45) is 10.9 Å². The Morgan fingerprint density at radius 2 is 2.00 bits per heavy atom. The quantitative estimate of drug-likeness (QED) is 0.835. The maximum Gasteiger partial charge on any atom is 0.184 e. The van der Waals surface area contributed by atoms with Crippen LogP contribution in [0.2, 0.25) is 0 Å². The normalized spacial score (nSPS) is 26.4. The number of hydrogen-bond acceptors (Lipinski definition) is 4. The zero-order chi connectivity index (χ0) is 19.1. The summed E-state index contributed by atoms with van der Waals surface area (Å²) in [4.78, 5) is 29.2. The number of hydrogen-bond donors (Lipinski definition) is 1. The smallest absolute Gasteiger partial charge is 0.184 e. The molecule has 1 fully saturated rings. The first-order valence-electron chi connectivity index (χ1n) is 10.1. The molecule has 1 N–H and O–H groups in total. The van der Waals surface area contributed by atoms with Crippen LogP contribution in [0.1, 0.15) is 66.9 Å². The van der Waals surface area contributed by atoms with Crippen molar-refractivity contribution in [1.29, 1.82) is 0 Å². The first-order valence-corrected chi connectivity index (χ1v) is 10.1. The molecule has 142 valence electrons. The predicted octanol–water partition coefficient (Wildman–Crippen LogP) is 4.68. The van der Waals surface area contributed by atoms with E-state index in [1.54, 1.807) is 0 Å². The zero-order valence-corrected chi connectivity index (χ0v) is 15.8. The summed E-state index contributed by atoms with van der Waals surface area (Å²) in [6, 6.07) is 0. The molecule has 2 heterocycles. The van der Waals surface area contributed by atoms with E-state index < -0.39 is 0 Å². The number of aromatic amines is 1. The molecule has 0 radical (unpaired) electrons. The highest BCUT2D eigenvalue weighted by atomic mass is 16.1. The van der Waals surface area contributed by atoms with Gasteiger partial charge >= 0.3 is 0 Å². The van der Waals surface area contributed by atoms with Crippen molar-refractivity contribution < 1.29 is 9.59 Å². The first-order chi connectivity index (χ1) is 13.7. The molecule has 1 aliphatic heterocycles. The molecule has 1 aromatic rings. The molecule has 1 saturated carbocycles. The Hall–Kier alpha value is -2.82. The lowest BCUT2D eigenvalue weighted by Crippen LogP contribution is -2.10. The number of ketones is 2. The van der Waals surface area contributed by atoms with Crippen molar-refractivity contribution in [3.63, 3.8) is 0 Å². The number of H-pyrrole nitrogens is 1. The fourth-order valence-corrected chi connectivity index (χ4v) is 4.70. The van der Waals surface area contributed by atoms with E-state index >= 15 is 0 Å². The van der Waals surface area contributed by atoms with Gasteiger partial charge in [-0.25, -0.2) is 4.99 Å². The van der Waals surface area contributed by atoms with E-state index in [1.165, 1.54) is 11.1 Å². The van der Waals surface area contributed by atoms with Gasteiger partial charge in [0.1, 0.15) is 5.78 Å². The van der Waals surface area contributed by atoms with E-state index in [9.17, 15) is 9.59 Å². The average molecular weight is 373 g/mol. The zero-order valence-electron chi connectivity index (χ0n) is 15.8. The Balaban J connectivity index is 1.40. The molecule has 0 bridgehead atoms. The largest absolute Gasteiger partial charge is 0.300 e. The van der Waals surface area contributed by atoms with E-state index in [-0.39, 0.29) is 17.5 Å². The molecule has 2 atom stereocenters. The number of nitrogens with zero attached hydrogens (tertiary/aromatic N) is 2. The fourth-order valence-electron chi connectivity index (χ4n) is 4.70. The second-order valence-electron chi connectivity index (χ2n) is 8.14. The average Bonchev–Trinajstić information content (AvgIpc) is 3.28. The summed E-state index contributed by atoms with van der Waals surface area (Å²) in [5, 5.41) is 7.38. The van der Waals surface area contributed by atoms with E-state index in [4.69, 9.17) is 4.99 Å². The van der Waals surface area contributed by atoms with Crippen molar-refractivity contribution >= 4 is 23.1 Å². The van der Waals surface area contributed by atoms with Gasteiger partial charge in [0, 0.05) is 43.2 Å². The van der Waals surface area contributed by atoms with Crippen LogP contribution in [0.5, 0.6) is 0 Å². The van der Waals surface area contributed by atoms with Gasteiger partial charge < -0.3 is 0 Å². The molecule has 2 unspecified atom stereocenters. The highest BCUT2D eigenvalue weighted by Gasteiger charge is 2.32. The van der Waals surface area contributed by atoms with Crippen LogP contribution in [0, 0.1) is 5.92 Å². The summed E-state index contributed by atoms with van der Waals surface area (Å²) >= 11 is 0. The summed E-state index contributed by atoms with van der Waals surface area (Å²) in [6.07, 6.45) is 17.8. The summed E-state index contributed by atoms with van der Waals surface area (Å²) in [6.45, 7) is 0. The van der Waals surface area contributed by atoms with Gasteiger partial charge in [0.05, 0.1) is 11.3 Å². The summed E-state index contributed by atoms with van der Waals surface area (Å²) in [5.41, 5.74) is 5.16. The third-order valence-electron chi connectivity index (χ3n) is 6.21. The van der Waals surface area contributed by atoms with Gasteiger partial charge in [0.15, 0.2) is 11.6 Å². The Morgan fingerprint density at radius 1 is 1.07 bits per heavy atom. The number of carbonyl (C=O) groups excluding carboxylic acids is 2. The first kappa shape index (κ1) is 17.3. The molecule has 0 amide bonds. The molecule has 3 aliphatic carbocycles. The lowest BCUT2D eigenvalue weighted by molar-refractivity contribution is -0.117. The van der Waals surface area contributed by atoms with Crippen molar-refractivity contribution in [2.45, 2.75) is 50.9 Å². The molecular formula is C23H23N3O2. The topological polar surface area (TPSA) is 75.2 Å². The Labute approximate surface area is 164 Å². The maximum absolute atomic E-state index is 12.8. The van der Waals surface area contributed by atoms with Crippen LogP contribution in [0.3, 0.4) is 0 Å². The predicted molar refractivity (Wildman–Crippen MR) is 108 cm³/mol. The number of fused-ring (bicyclic) bond motifs is 2. The number of rotatable bonds is 3. The second-order valence-corrected chi connectivity index (χ2v) is 8.14. The molecule has 0 saturated heterocycles. The van der Waals surface area contributed by atoms with Gasteiger partial charge in [-0.05, 0) is 24.8 Å². The minimum atomic E-state index is 0.0835. The molecule has 5 rings (SSSR count). The number of Topliss-reactive ketones (excluding diaryl/α,β-unsaturated/α-hetero) is 2. The van der Waals surface area contributed by atoms with Crippen molar-refractivity contribution in [1.82, 2.24) is 10.2 Å². The Morgan fingerprint density at radius 3 is 2.86 bits per heavy atom. The van der Waals surface area contributed by atoms with Crippen LogP contribution in [0.4, 0.5) is 5.82 Å². The minimum Gasteiger partial charge on any atom is -0.300 e. The molecule has 1 aromatic heterocycles. The molecule has 5 heteroatoms. The van der Waals surface area contributed by atoms with Crippen LogP contribution in [0.15, 0.2) is 52.6 Å². The van der Waals surface area contributed by atoms with Crippen molar-refractivity contribution in [3.05, 3.63) is 58.9 Å². The van der Waals surface area contributed by atoms with Gasteiger partial charge in [0.25, 0.3) is 0 Å². The molecule has 28 heavy (non-hydrogen) atoms. The highest BCUT2D eigenvalue weighted by molar-refractivity contribution is 6.06. The minimum absolute atomic E-state index is 0.0835. The Bertz CT molecular complexity index is 1000. The van der Waals surface area contributed by atoms with Gasteiger partial charge in [-0.1, -0.05) is 42.0 Å². The van der Waals surface area contributed by atoms with E-state index in [1.807, 2.05) is 0 Å². The van der Waals surface area contributed by atoms with Gasteiger partial charge in [-0.3, -0.25) is 14.7 Å². The third-order valence-corrected chi connectivity index (χ3v) is 6.21. The van der Waals surface area contributed by atoms with Crippen molar-refractivity contribution in [2.75, 3.05) is 0 Å². The number of aliphatic imine (C=N–C) groups is 1. The highest BCUT2D eigenvalue weighted by Crippen LogP contribution is 2.38. The van der Waals surface area contributed by atoms with Crippen LogP contribution in [-0.4, -0.2) is 27.5 Å². The maximum atomic E-state index is 12.8. The number of nitrogens with one attached hydrogen (secondary N) is 1. The van der Waals surface area contributed by atoms with E-state index in [0.29, 0.717) is 43.0 Å². The van der Waals surface area contributed by atoms with E-state index in [2.05, 4.69) is 46.7 Å². The van der Waals surface area contributed by atoms with E-state index in [0.717, 1.165) is 30.7 Å².